The van der Waals surface area contributed by atoms with E-state index in [4.69, 9.17) is 9.88 Å². The molecule has 8 heteroatoms. The summed E-state index contributed by atoms with van der Waals surface area (Å²) >= 11 is 0. The predicted octanol–water partition coefficient (Wildman–Crippen LogP) is 1.63. The molecule has 1 fully saturated rings. The van der Waals surface area contributed by atoms with Crippen LogP contribution in [0.3, 0.4) is 0 Å². The predicted molar refractivity (Wildman–Crippen MR) is 78.8 cm³/mol. The number of nitrogens with zero attached hydrogens (tertiary/aromatic N) is 1. The minimum atomic E-state index is -4.02. The molecule has 0 aliphatic carbocycles. The molecule has 1 amide bonds. The topological polar surface area (TPSA) is 98.9 Å². The van der Waals surface area contributed by atoms with Crippen molar-refractivity contribution in [1.29, 1.82) is 0 Å². The van der Waals surface area contributed by atoms with Crippen molar-refractivity contribution in [1.82, 2.24) is 4.90 Å². The number of hydrogen-bond acceptors (Lipinski definition) is 5. The maximum atomic E-state index is 12.3. The van der Waals surface area contributed by atoms with Crippen LogP contribution < -0.4 is 5.14 Å². The summed E-state index contributed by atoms with van der Waals surface area (Å²) in [4.78, 5) is 13.8. The molecule has 1 aliphatic heterocycles. The number of nitrogens with two attached hydrogens (primary N) is 1. The van der Waals surface area contributed by atoms with Gasteiger partial charge in [-0.1, -0.05) is 13.8 Å². The highest BCUT2D eigenvalue weighted by atomic mass is 32.2. The Morgan fingerprint density at radius 3 is 2.43 bits per heavy atom. The number of piperidine rings is 1. The highest BCUT2D eigenvalue weighted by Crippen LogP contribution is 2.33. The Morgan fingerprint density at radius 1 is 1.38 bits per heavy atom. The summed E-state index contributed by atoms with van der Waals surface area (Å²) in [5.41, 5.74) is -0.654. The third-order valence-electron chi connectivity index (χ3n) is 3.25. The van der Waals surface area contributed by atoms with Gasteiger partial charge in [0.15, 0.2) is 0 Å². The molecule has 1 unspecified atom stereocenters. The van der Waals surface area contributed by atoms with Gasteiger partial charge in [0, 0.05) is 6.54 Å². The van der Waals surface area contributed by atoms with Gasteiger partial charge < -0.3 is 9.64 Å². The molecule has 0 aromatic carbocycles. The van der Waals surface area contributed by atoms with E-state index in [1.54, 1.807) is 25.7 Å². The summed E-state index contributed by atoms with van der Waals surface area (Å²) in [6.07, 6.45) is 1.05. The van der Waals surface area contributed by atoms with Crippen molar-refractivity contribution < 1.29 is 22.1 Å². The Morgan fingerprint density at radius 2 is 1.95 bits per heavy atom. The van der Waals surface area contributed by atoms with Gasteiger partial charge >= 0.3 is 16.4 Å². The molecule has 1 rings (SSSR count). The van der Waals surface area contributed by atoms with Crippen LogP contribution in [0.5, 0.6) is 0 Å². The quantitative estimate of drug-likeness (QED) is 0.851. The molecular formula is C13H26N2O5S. The van der Waals surface area contributed by atoms with E-state index in [1.165, 1.54) is 0 Å². The van der Waals surface area contributed by atoms with Crippen LogP contribution in [-0.4, -0.2) is 44.2 Å². The molecular weight excluding hydrogens is 296 g/mol. The second-order valence-electron chi connectivity index (χ2n) is 7.24. The number of ether oxygens (including phenoxy) is 1. The molecule has 0 radical (unpaired) electrons. The van der Waals surface area contributed by atoms with E-state index in [-0.39, 0.29) is 18.1 Å². The number of rotatable bonds is 3. The zero-order chi connectivity index (χ0) is 16.5. The fourth-order valence-electron chi connectivity index (χ4n) is 2.26. The number of amides is 1. The average Bonchev–Trinajstić information content (AvgIpc) is 2.22. The molecule has 0 aromatic rings. The Balaban J connectivity index is 2.82. The lowest BCUT2D eigenvalue weighted by Gasteiger charge is -2.43. The number of carbonyl (C=O) groups excluding carboxylic acids is 1. The molecule has 0 saturated carbocycles. The van der Waals surface area contributed by atoms with Gasteiger partial charge in [-0.3, -0.25) is 4.18 Å². The van der Waals surface area contributed by atoms with Crippen molar-refractivity contribution in [2.45, 2.75) is 59.1 Å². The van der Waals surface area contributed by atoms with Gasteiger partial charge in [-0.25, -0.2) is 9.93 Å². The van der Waals surface area contributed by atoms with E-state index in [2.05, 4.69) is 18.0 Å². The van der Waals surface area contributed by atoms with Crippen LogP contribution in [-0.2, 0) is 19.2 Å². The third kappa shape index (κ3) is 6.62. The van der Waals surface area contributed by atoms with Gasteiger partial charge in [0.2, 0.25) is 0 Å². The number of likely N-dealkylation sites (tertiary alicyclic amines) is 1. The van der Waals surface area contributed by atoms with Crippen LogP contribution in [0.2, 0.25) is 0 Å². The summed E-state index contributed by atoms with van der Waals surface area (Å²) in [7, 11) is -4.02. The van der Waals surface area contributed by atoms with Gasteiger partial charge in [0.1, 0.15) is 5.60 Å². The standard InChI is InChI=1S/C13H26N2O5S/c1-12(2,3)20-11(16)15-9-13(4,5)7-6-10(15)8-19-21(14,17)18/h10H,6-9H2,1-5H3,(H2,14,17,18). The van der Waals surface area contributed by atoms with Gasteiger partial charge in [-0.05, 0) is 39.0 Å². The smallest absolute Gasteiger partial charge is 0.410 e. The Kier molecular flexibility index (Phi) is 5.28. The summed E-state index contributed by atoms with van der Waals surface area (Å²) in [5.74, 6) is 0. The molecule has 0 spiro atoms. The lowest BCUT2D eigenvalue weighted by atomic mass is 9.81. The normalized spacial score (nSPS) is 23.0. The second-order valence-corrected chi connectivity index (χ2v) is 8.46. The number of carbonyl (C=O) groups is 1. The molecule has 2 N–H and O–H groups in total. The van der Waals surface area contributed by atoms with Crippen molar-refractivity contribution in [3.05, 3.63) is 0 Å². The minimum Gasteiger partial charge on any atom is -0.444 e. The Bertz CT molecular complexity index is 481. The molecule has 7 nitrogen and oxygen atoms in total. The fourth-order valence-corrected chi connectivity index (χ4v) is 2.61. The first-order valence-electron chi connectivity index (χ1n) is 6.96. The van der Waals surface area contributed by atoms with Crippen LogP contribution in [0.15, 0.2) is 0 Å². The van der Waals surface area contributed by atoms with E-state index < -0.39 is 22.0 Å². The van der Waals surface area contributed by atoms with Crippen molar-refractivity contribution in [3.63, 3.8) is 0 Å². The molecule has 0 bridgehead atoms. The Hall–Kier alpha value is -0.860. The van der Waals surface area contributed by atoms with Crippen LogP contribution >= 0.6 is 0 Å². The zero-order valence-corrected chi connectivity index (χ0v) is 14.2. The van der Waals surface area contributed by atoms with E-state index in [0.717, 1.165) is 6.42 Å². The summed E-state index contributed by atoms with van der Waals surface area (Å²) < 4.78 is 31.9. The van der Waals surface area contributed by atoms with Crippen LogP contribution in [0, 0.1) is 5.41 Å². The van der Waals surface area contributed by atoms with E-state index in [1.807, 2.05) is 0 Å². The average molecular weight is 322 g/mol. The van der Waals surface area contributed by atoms with Crippen LogP contribution in [0.4, 0.5) is 4.79 Å². The van der Waals surface area contributed by atoms with E-state index in [9.17, 15) is 13.2 Å². The van der Waals surface area contributed by atoms with Crippen molar-refractivity contribution >= 4 is 16.4 Å². The highest BCUT2D eigenvalue weighted by molar-refractivity contribution is 7.84. The van der Waals surface area contributed by atoms with Crippen molar-refractivity contribution in [2.75, 3.05) is 13.2 Å². The van der Waals surface area contributed by atoms with E-state index in [0.29, 0.717) is 13.0 Å². The molecule has 1 atom stereocenters. The first kappa shape index (κ1) is 18.2. The van der Waals surface area contributed by atoms with Gasteiger partial charge in [0.05, 0.1) is 12.6 Å². The number of hydrogen-bond donors (Lipinski definition) is 1. The molecule has 1 heterocycles. The third-order valence-corrected chi connectivity index (χ3v) is 3.71. The summed E-state index contributed by atoms with van der Waals surface area (Å²) in [5, 5.41) is 4.84. The maximum Gasteiger partial charge on any atom is 0.410 e. The summed E-state index contributed by atoms with van der Waals surface area (Å²) in [6, 6.07) is -0.355. The van der Waals surface area contributed by atoms with Crippen LogP contribution in [0.1, 0.15) is 47.5 Å². The molecule has 0 aromatic heterocycles. The molecule has 124 valence electrons. The van der Waals surface area contributed by atoms with E-state index >= 15 is 0 Å². The lowest BCUT2D eigenvalue weighted by Crippen LogP contribution is -2.53. The Labute approximate surface area is 127 Å². The highest BCUT2D eigenvalue weighted by Gasteiger charge is 2.38. The molecule has 21 heavy (non-hydrogen) atoms. The van der Waals surface area contributed by atoms with Gasteiger partial charge in [-0.2, -0.15) is 8.42 Å². The van der Waals surface area contributed by atoms with Crippen LogP contribution in [0.25, 0.3) is 0 Å². The lowest BCUT2D eigenvalue weighted by molar-refractivity contribution is -0.0147. The van der Waals surface area contributed by atoms with Crippen molar-refractivity contribution in [2.24, 2.45) is 10.6 Å². The van der Waals surface area contributed by atoms with Crippen molar-refractivity contribution in [3.8, 4) is 0 Å². The van der Waals surface area contributed by atoms with Gasteiger partial charge in [0.25, 0.3) is 0 Å². The zero-order valence-electron chi connectivity index (χ0n) is 13.4. The first-order chi connectivity index (χ1) is 9.29. The largest absolute Gasteiger partial charge is 0.444 e. The SMILES string of the molecule is CC1(C)CCC(COS(N)(=O)=O)N(C(=O)OC(C)(C)C)C1. The fraction of sp³-hybridized carbons (Fsp3) is 0.923. The monoisotopic (exact) mass is 322 g/mol. The molecule has 1 saturated heterocycles. The maximum absolute atomic E-state index is 12.3. The molecule has 1 aliphatic rings. The second kappa shape index (κ2) is 6.10. The minimum absolute atomic E-state index is 0.0466. The summed E-state index contributed by atoms with van der Waals surface area (Å²) in [6.45, 7) is 9.82. The van der Waals surface area contributed by atoms with Gasteiger partial charge in [-0.15, -0.1) is 0 Å². The first-order valence-corrected chi connectivity index (χ1v) is 8.43.